The maximum Gasteiger partial charge on any atom is 0.230 e. The number of Topliss-reactive ketones (excluding diaryl/α,β-unsaturated/α-hetero) is 1. The number of carbonyl (C=O) groups excluding carboxylic acids is 2. The molecule has 1 atom stereocenters. The van der Waals surface area contributed by atoms with Crippen LogP contribution in [0, 0.1) is 24.6 Å². The van der Waals surface area contributed by atoms with E-state index < -0.39 is 11.2 Å². The molecule has 0 spiro atoms. The molecule has 1 unspecified atom stereocenters. The Hall–Kier alpha value is -1.91. The minimum Gasteiger partial charge on any atom is -0.351 e. The highest BCUT2D eigenvalue weighted by Crippen LogP contribution is 2.32. The van der Waals surface area contributed by atoms with Gasteiger partial charge in [0.15, 0.2) is 0 Å². The lowest BCUT2D eigenvalue weighted by Gasteiger charge is -2.29. The van der Waals surface area contributed by atoms with Crippen molar-refractivity contribution in [3.63, 3.8) is 0 Å². The summed E-state index contributed by atoms with van der Waals surface area (Å²) >= 11 is 11.8. The van der Waals surface area contributed by atoms with Gasteiger partial charge in [-0.3, -0.25) is 4.79 Å². The van der Waals surface area contributed by atoms with Crippen LogP contribution in [-0.4, -0.2) is 11.7 Å². The van der Waals surface area contributed by atoms with Crippen molar-refractivity contribution in [2.45, 2.75) is 133 Å². The number of amides is 1. The number of carbonyl (C=O) groups is 2. The van der Waals surface area contributed by atoms with Gasteiger partial charge in [0, 0.05) is 11.6 Å². The van der Waals surface area contributed by atoms with E-state index >= 15 is 0 Å². The summed E-state index contributed by atoms with van der Waals surface area (Å²) in [7, 11) is 0. The van der Waals surface area contributed by atoms with E-state index in [2.05, 4.69) is 33.0 Å². The van der Waals surface area contributed by atoms with Crippen LogP contribution in [-0.2, 0) is 21.5 Å². The van der Waals surface area contributed by atoms with Crippen LogP contribution >= 0.6 is 23.2 Å². The lowest BCUT2D eigenvalue weighted by molar-refractivity contribution is -0.126. The van der Waals surface area contributed by atoms with Crippen LogP contribution in [0.2, 0.25) is 10.0 Å². The lowest BCUT2D eigenvalue weighted by atomic mass is 9.77. The molecule has 1 amide bonds. The molecule has 2 aromatic rings. The number of benzene rings is 2. The third kappa shape index (κ3) is 17.9. The number of halogens is 3. The van der Waals surface area contributed by atoms with Crippen LogP contribution in [0.5, 0.6) is 0 Å². The van der Waals surface area contributed by atoms with Gasteiger partial charge in [-0.25, -0.2) is 4.39 Å². The zero-order valence-corrected chi connectivity index (χ0v) is 28.4. The van der Waals surface area contributed by atoms with E-state index in [0.717, 1.165) is 29.4 Å². The first kappa shape index (κ1) is 42.2. The van der Waals surface area contributed by atoms with Crippen LogP contribution in [0.3, 0.4) is 0 Å². The van der Waals surface area contributed by atoms with E-state index in [9.17, 15) is 14.0 Å². The summed E-state index contributed by atoms with van der Waals surface area (Å²) < 4.78 is 13.5. The van der Waals surface area contributed by atoms with Crippen LogP contribution < -0.4 is 5.32 Å². The number of nitrogens with one attached hydrogen (secondary N) is 1. The van der Waals surface area contributed by atoms with E-state index in [0.29, 0.717) is 17.0 Å². The molecule has 3 rings (SSSR count). The van der Waals surface area contributed by atoms with E-state index in [-0.39, 0.29) is 30.7 Å². The average molecular weight is 627 g/mol. The largest absolute Gasteiger partial charge is 0.351 e. The van der Waals surface area contributed by atoms with Gasteiger partial charge in [-0.15, -0.1) is 0 Å². The molecular formula is C36H58Cl2FNO2. The summed E-state index contributed by atoms with van der Waals surface area (Å²) in [6, 6.07) is 10.2. The van der Waals surface area contributed by atoms with E-state index in [1.807, 2.05) is 39.0 Å². The fourth-order valence-corrected chi connectivity index (χ4v) is 4.44. The number of aryl methyl sites for hydroxylation is 1. The van der Waals surface area contributed by atoms with Crippen molar-refractivity contribution in [3.8, 4) is 0 Å². The van der Waals surface area contributed by atoms with Crippen molar-refractivity contribution in [2.75, 3.05) is 0 Å². The third-order valence-corrected chi connectivity index (χ3v) is 7.64. The van der Waals surface area contributed by atoms with Crippen LogP contribution in [0.1, 0.15) is 131 Å². The SMILES string of the molecule is C.CC(C)=O.CC1CC1.CCCC(C)(C(=O)NCc1ccc(Cl)c(F)c1)c1ccc(Cl)c(C)c1.CCCC(C)CCC. The first-order valence-electron chi connectivity index (χ1n) is 15.2. The second-order valence-electron chi connectivity index (χ2n) is 11.8. The normalized spacial score (nSPS) is 13.1. The molecule has 2 aromatic carbocycles. The molecule has 0 aliphatic heterocycles. The summed E-state index contributed by atoms with van der Waals surface area (Å²) in [6.45, 7) is 18.3. The van der Waals surface area contributed by atoms with Crippen molar-refractivity contribution < 1.29 is 14.0 Å². The molecule has 0 saturated heterocycles. The number of hydrogen-bond acceptors (Lipinski definition) is 2. The van der Waals surface area contributed by atoms with Gasteiger partial charge in [-0.1, -0.05) is 128 Å². The Labute approximate surface area is 267 Å². The zero-order chi connectivity index (χ0) is 31.6. The van der Waals surface area contributed by atoms with Gasteiger partial charge in [-0.2, -0.15) is 0 Å². The number of hydrogen-bond donors (Lipinski definition) is 1. The standard InChI is InChI=1S/C20H22Cl2FNO.C8H18.C4H8.C3H6O.CH4/c1-4-9-20(3,15-6-8-16(21)13(2)10-15)19(25)24-12-14-5-7-17(22)18(23)11-14;1-4-6-8(3)7-5-2;1-4-2-3-4;1-3(2)4;/h5-8,10-11H,4,9,12H2,1-3H3,(H,24,25);8H,4-7H2,1-3H3;4H,2-3H2,1H3;1-2H3;1H4. The quantitative estimate of drug-likeness (QED) is 0.285. The second kappa shape index (κ2) is 22.6. The Kier molecular flexibility index (Phi) is 22.7. The Morgan fingerprint density at radius 2 is 1.48 bits per heavy atom. The van der Waals surface area contributed by atoms with Crippen LogP contribution in [0.25, 0.3) is 0 Å². The molecule has 1 aliphatic rings. The van der Waals surface area contributed by atoms with Crippen molar-refractivity contribution in [1.29, 1.82) is 0 Å². The molecule has 0 aromatic heterocycles. The highest BCUT2D eigenvalue weighted by Gasteiger charge is 2.34. The molecule has 6 heteroatoms. The lowest BCUT2D eigenvalue weighted by Crippen LogP contribution is -2.42. The van der Waals surface area contributed by atoms with E-state index in [1.54, 1.807) is 6.07 Å². The zero-order valence-electron chi connectivity index (χ0n) is 26.9. The Morgan fingerprint density at radius 3 is 1.88 bits per heavy atom. The van der Waals surface area contributed by atoms with Crippen molar-refractivity contribution in [1.82, 2.24) is 5.32 Å². The Morgan fingerprint density at radius 1 is 0.976 bits per heavy atom. The monoisotopic (exact) mass is 625 g/mol. The molecule has 42 heavy (non-hydrogen) atoms. The molecule has 1 fully saturated rings. The van der Waals surface area contributed by atoms with Gasteiger partial charge in [0.2, 0.25) is 5.91 Å². The Balaban J connectivity index is 0. The minimum atomic E-state index is -0.672. The van der Waals surface area contributed by atoms with Crippen molar-refractivity contribution in [3.05, 3.63) is 69.0 Å². The highest BCUT2D eigenvalue weighted by atomic mass is 35.5. The predicted molar refractivity (Wildman–Crippen MR) is 182 cm³/mol. The smallest absolute Gasteiger partial charge is 0.230 e. The molecular weight excluding hydrogens is 568 g/mol. The molecule has 1 N–H and O–H groups in total. The van der Waals surface area contributed by atoms with Gasteiger partial charge in [0.1, 0.15) is 11.6 Å². The van der Waals surface area contributed by atoms with Gasteiger partial charge < -0.3 is 10.1 Å². The topological polar surface area (TPSA) is 46.2 Å². The summed E-state index contributed by atoms with van der Waals surface area (Å²) in [5.74, 6) is 1.63. The molecule has 3 nitrogen and oxygen atoms in total. The fourth-order valence-electron chi connectivity index (χ4n) is 4.20. The molecule has 1 saturated carbocycles. The molecule has 0 radical (unpaired) electrons. The molecule has 1 aliphatic carbocycles. The van der Waals surface area contributed by atoms with Gasteiger partial charge in [0.05, 0.1) is 10.4 Å². The second-order valence-corrected chi connectivity index (χ2v) is 12.6. The summed E-state index contributed by atoms with van der Waals surface area (Å²) in [5.41, 5.74) is 1.86. The van der Waals surface area contributed by atoms with Crippen LogP contribution in [0.4, 0.5) is 4.39 Å². The van der Waals surface area contributed by atoms with E-state index in [1.165, 1.54) is 64.5 Å². The van der Waals surface area contributed by atoms with Crippen molar-refractivity contribution >= 4 is 34.9 Å². The Bertz CT molecular complexity index is 1040. The van der Waals surface area contributed by atoms with Crippen molar-refractivity contribution in [2.24, 2.45) is 11.8 Å². The number of ketones is 1. The summed E-state index contributed by atoms with van der Waals surface area (Å²) in [4.78, 5) is 22.4. The predicted octanol–water partition coefficient (Wildman–Crippen LogP) is 11.7. The van der Waals surface area contributed by atoms with Gasteiger partial charge >= 0.3 is 0 Å². The molecule has 0 bridgehead atoms. The van der Waals surface area contributed by atoms with Gasteiger partial charge in [0.25, 0.3) is 0 Å². The summed E-state index contributed by atoms with van der Waals surface area (Å²) in [5, 5.41) is 3.67. The fraction of sp³-hybridized carbons (Fsp3) is 0.611. The maximum absolute atomic E-state index is 13.5. The first-order valence-corrected chi connectivity index (χ1v) is 15.9. The minimum absolute atomic E-state index is 0. The third-order valence-electron chi connectivity index (χ3n) is 6.91. The first-order chi connectivity index (χ1) is 19.2. The highest BCUT2D eigenvalue weighted by molar-refractivity contribution is 6.31. The maximum atomic E-state index is 13.5. The summed E-state index contributed by atoms with van der Waals surface area (Å²) in [6.07, 6.45) is 10.1. The molecule has 0 heterocycles. The number of rotatable bonds is 10. The molecule has 240 valence electrons. The van der Waals surface area contributed by atoms with Crippen LogP contribution in [0.15, 0.2) is 36.4 Å². The average Bonchev–Trinajstić information content (AvgIpc) is 3.69. The van der Waals surface area contributed by atoms with E-state index in [4.69, 9.17) is 23.2 Å². The van der Waals surface area contributed by atoms with Gasteiger partial charge in [-0.05, 0) is 80.8 Å².